The number of anilines is 1. The second kappa shape index (κ2) is 6.43. The van der Waals surface area contributed by atoms with E-state index < -0.39 is 0 Å². The Hall–Kier alpha value is -2.69. The van der Waals surface area contributed by atoms with Gasteiger partial charge in [0.2, 0.25) is 0 Å². The molecule has 1 aromatic carbocycles. The van der Waals surface area contributed by atoms with Crippen molar-refractivity contribution in [3.8, 4) is 5.75 Å². The van der Waals surface area contributed by atoms with E-state index >= 15 is 0 Å². The summed E-state index contributed by atoms with van der Waals surface area (Å²) in [6.07, 6.45) is 4.62. The molecular formula is C19H20N4O. The van der Waals surface area contributed by atoms with Crippen LogP contribution in [0, 0.1) is 12.8 Å². The monoisotopic (exact) mass is 320 g/mol. The fourth-order valence-electron chi connectivity index (χ4n) is 3.19. The largest absolute Gasteiger partial charge is 0.493 e. The molecule has 1 aliphatic heterocycles. The highest BCUT2D eigenvalue weighted by Crippen LogP contribution is 2.26. The van der Waals surface area contributed by atoms with Gasteiger partial charge in [-0.15, -0.1) is 0 Å². The maximum absolute atomic E-state index is 5.87. The van der Waals surface area contributed by atoms with Crippen LogP contribution < -0.4 is 9.64 Å². The molecule has 4 rings (SSSR count). The van der Waals surface area contributed by atoms with Crippen molar-refractivity contribution in [3.63, 3.8) is 0 Å². The maximum Gasteiger partial charge on any atom is 0.150 e. The number of nitrogens with zero attached hydrogens (tertiary/aromatic N) is 4. The molecule has 0 aliphatic carbocycles. The third-order valence-electron chi connectivity index (χ3n) is 4.44. The second-order valence-electron chi connectivity index (χ2n) is 6.22. The lowest BCUT2D eigenvalue weighted by atomic mass is 10.1. The Morgan fingerprint density at radius 2 is 1.83 bits per heavy atom. The number of hydrogen-bond donors (Lipinski definition) is 0. The van der Waals surface area contributed by atoms with Gasteiger partial charge < -0.3 is 9.64 Å². The topological polar surface area (TPSA) is 51.1 Å². The van der Waals surface area contributed by atoms with E-state index in [0.717, 1.165) is 54.4 Å². The van der Waals surface area contributed by atoms with Crippen molar-refractivity contribution in [2.45, 2.75) is 13.3 Å². The molecule has 1 unspecified atom stereocenters. The Morgan fingerprint density at radius 1 is 1.08 bits per heavy atom. The normalized spacial score (nSPS) is 17.4. The van der Waals surface area contributed by atoms with E-state index in [9.17, 15) is 0 Å². The van der Waals surface area contributed by atoms with Crippen molar-refractivity contribution in [2.24, 2.45) is 5.92 Å². The standard InChI is InChI=1S/C19H20N4O/c1-14-19(22-18-5-3-2-4-17(18)21-14)23-11-8-15(12-23)13-24-16-6-9-20-10-7-16/h2-7,9-10,15H,8,11-13H2,1H3. The van der Waals surface area contributed by atoms with E-state index in [1.54, 1.807) is 12.4 Å². The van der Waals surface area contributed by atoms with E-state index in [4.69, 9.17) is 14.7 Å². The fraction of sp³-hybridized carbons (Fsp3) is 0.316. The summed E-state index contributed by atoms with van der Waals surface area (Å²) in [6, 6.07) is 11.8. The lowest BCUT2D eigenvalue weighted by Crippen LogP contribution is -2.24. The Balaban J connectivity index is 1.45. The molecule has 1 saturated heterocycles. The molecule has 0 N–H and O–H groups in total. The molecule has 0 amide bonds. The van der Waals surface area contributed by atoms with Crippen molar-refractivity contribution in [1.82, 2.24) is 15.0 Å². The molecule has 122 valence electrons. The summed E-state index contributed by atoms with van der Waals surface area (Å²) >= 11 is 0. The van der Waals surface area contributed by atoms with Gasteiger partial charge in [0.15, 0.2) is 5.82 Å². The van der Waals surface area contributed by atoms with Gasteiger partial charge in [0, 0.05) is 31.4 Å². The Kier molecular flexibility index (Phi) is 3.99. The van der Waals surface area contributed by atoms with Crippen LogP contribution in [0.25, 0.3) is 11.0 Å². The first kappa shape index (κ1) is 14.9. The summed E-state index contributed by atoms with van der Waals surface area (Å²) in [5, 5.41) is 0. The minimum atomic E-state index is 0.505. The number of pyridine rings is 1. The summed E-state index contributed by atoms with van der Waals surface area (Å²) < 4.78 is 5.87. The second-order valence-corrected chi connectivity index (χ2v) is 6.22. The van der Waals surface area contributed by atoms with Crippen molar-refractivity contribution < 1.29 is 4.74 Å². The van der Waals surface area contributed by atoms with Crippen molar-refractivity contribution in [3.05, 3.63) is 54.5 Å². The Morgan fingerprint density at radius 3 is 2.62 bits per heavy atom. The molecule has 3 aromatic rings. The highest BCUT2D eigenvalue weighted by Gasteiger charge is 2.25. The van der Waals surface area contributed by atoms with Crippen LogP contribution in [0.5, 0.6) is 5.75 Å². The number of fused-ring (bicyclic) bond motifs is 1. The zero-order chi connectivity index (χ0) is 16.4. The van der Waals surface area contributed by atoms with Crippen LogP contribution in [0.2, 0.25) is 0 Å². The number of ether oxygens (including phenoxy) is 1. The first-order chi connectivity index (χ1) is 11.8. The highest BCUT2D eigenvalue weighted by atomic mass is 16.5. The van der Waals surface area contributed by atoms with E-state index in [-0.39, 0.29) is 0 Å². The van der Waals surface area contributed by atoms with Gasteiger partial charge in [-0.2, -0.15) is 0 Å². The van der Waals surface area contributed by atoms with Gasteiger partial charge in [-0.1, -0.05) is 12.1 Å². The minimum Gasteiger partial charge on any atom is -0.493 e. The first-order valence-electron chi connectivity index (χ1n) is 8.31. The number of para-hydroxylation sites is 2. The van der Waals surface area contributed by atoms with Crippen molar-refractivity contribution in [2.75, 3.05) is 24.6 Å². The van der Waals surface area contributed by atoms with E-state index in [2.05, 4.69) is 9.88 Å². The number of benzene rings is 1. The molecule has 24 heavy (non-hydrogen) atoms. The average molecular weight is 320 g/mol. The molecule has 1 fully saturated rings. The van der Waals surface area contributed by atoms with Crippen molar-refractivity contribution in [1.29, 1.82) is 0 Å². The first-order valence-corrected chi connectivity index (χ1v) is 8.31. The van der Waals surface area contributed by atoms with Gasteiger partial charge in [0.1, 0.15) is 5.75 Å². The lowest BCUT2D eigenvalue weighted by molar-refractivity contribution is 0.261. The van der Waals surface area contributed by atoms with Crippen molar-refractivity contribution >= 4 is 16.9 Å². The lowest BCUT2D eigenvalue weighted by Gasteiger charge is -2.19. The number of aryl methyl sites for hydroxylation is 1. The molecule has 0 bridgehead atoms. The molecule has 0 radical (unpaired) electrons. The van der Waals surface area contributed by atoms with Crippen LogP contribution in [0.15, 0.2) is 48.8 Å². The predicted octanol–water partition coefficient (Wildman–Crippen LogP) is 3.24. The van der Waals surface area contributed by atoms with Gasteiger partial charge in [0.05, 0.1) is 23.3 Å². The Bertz CT molecular complexity index is 837. The third kappa shape index (κ3) is 3.02. The van der Waals surface area contributed by atoms with Crippen LogP contribution in [0.1, 0.15) is 12.1 Å². The molecule has 1 atom stereocenters. The molecule has 2 aromatic heterocycles. The minimum absolute atomic E-state index is 0.505. The Labute approximate surface area is 141 Å². The summed E-state index contributed by atoms with van der Waals surface area (Å²) in [5.74, 6) is 2.39. The summed E-state index contributed by atoms with van der Waals surface area (Å²) in [6.45, 7) is 4.72. The van der Waals surface area contributed by atoms with Crippen LogP contribution in [0.4, 0.5) is 5.82 Å². The molecule has 0 saturated carbocycles. The molecule has 0 spiro atoms. The van der Waals surface area contributed by atoms with Gasteiger partial charge in [0.25, 0.3) is 0 Å². The number of rotatable bonds is 4. The van der Waals surface area contributed by atoms with E-state index in [0.29, 0.717) is 5.92 Å². The number of hydrogen-bond acceptors (Lipinski definition) is 5. The molecule has 1 aliphatic rings. The van der Waals surface area contributed by atoms with Crippen LogP contribution in [-0.2, 0) is 0 Å². The quantitative estimate of drug-likeness (QED) is 0.738. The average Bonchev–Trinajstić information content (AvgIpc) is 3.09. The van der Waals surface area contributed by atoms with E-state index in [1.165, 1.54) is 0 Å². The molecule has 3 heterocycles. The zero-order valence-electron chi connectivity index (χ0n) is 13.7. The van der Waals surface area contributed by atoms with Crippen LogP contribution in [0.3, 0.4) is 0 Å². The molecule has 5 heteroatoms. The van der Waals surface area contributed by atoms with Crippen LogP contribution in [-0.4, -0.2) is 34.6 Å². The molecular weight excluding hydrogens is 300 g/mol. The van der Waals surface area contributed by atoms with Gasteiger partial charge >= 0.3 is 0 Å². The smallest absolute Gasteiger partial charge is 0.150 e. The van der Waals surface area contributed by atoms with Gasteiger partial charge in [-0.25, -0.2) is 9.97 Å². The highest BCUT2D eigenvalue weighted by molar-refractivity contribution is 5.76. The summed E-state index contributed by atoms with van der Waals surface area (Å²) in [5.41, 5.74) is 2.90. The maximum atomic E-state index is 5.87. The number of aromatic nitrogens is 3. The SMILES string of the molecule is Cc1nc2ccccc2nc1N1CCC(COc2ccncc2)C1. The van der Waals surface area contributed by atoms with E-state index in [1.807, 2.05) is 43.3 Å². The predicted molar refractivity (Wildman–Crippen MR) is 94.3 cm³/mol. The third-order valence-corrected chi connectivity index (χ3v) is 4.44. The van der Waals surface area contributed by atoms with Gasteiger partial charge in [-0.3, -0.25) is 4.98 Å². The fourth-order valence-corrected chi connectivity index (χ4v) is 3.19. The summed E-state index contributed by atoms with van der Waals surface area (Å²) in [7, 11) is 0. The van der Waals surface area contributed by atoms with Gasteiger partial charge in [-0.05, 0) is 37.6 Å². The molecule has 5 nitrogen and oxygen atoms in total. The zero-order valence-corrected chi connectivity index (χ0v) is 13.7. The summed E-state index contributed by atoms with van der Waals surface area (Å²) in [4.78, 5) is 15.9. The van der Waals surface area contributed by atoms with Crippen LogP contribution >= 0.6 is 0 Å².